The maximum absolute atomic E-state index is 9.22. The molecular weight excluding hydrogens is 274 g/mol. The van der Waals surface area contributed by atoms with Crippen molar-refractivity contribution in [3.8, 4) is 6.07 Å². The molecule has 0 saturated heterocycles. The predicted molar refractivity (Wildman–Crippen MR) is 79.9 cm³/mol. The van der Waals surface area contributed by atoms with E-state index in [9.17, 15) is 5.26 Å². The summed E-state index contributed by atoms with van der Waals surface area (Å²) in [4.78, 5) is 4.58. The zero-order valence-electron chi connectivity index (χ0n) is 12.1. The first-order valence-electron chi connectivity index (χ1n) is 6.47. The number of halogens is 1. The van der Waals surface area contributed by atoms with Gasteiger partial charge in [-0.3, -0.25) is 0 Å². The summed E-state index contributed by atoms with van der Waals surface area (Å²) < 4.78 is 7.39. The van der Waals surface area contributed by atoms with Crippen molar-refractivity contribution in [3.63, 3.8) is 0 Å². The van der Waals surface area contributed by atoms with Crippen molar-refractivity contribution in [2.45, 2.75) is 31.7 Å². The van der Waals surface area contributed by atoms with E-state index in [-0.39, 0.29) is 10.9 Å². The molecule has 20 heavy (non-hydrogen) atoms. The molecule has 0 fully saturated rings. The first kappa shape index (κ1) is 14.8. The topological polar surface area (TPSA) is 50.8 Å². The number of hydrogen-bond donors (Lipinski definition) is 0. The molecule has 0 radical (unpaired) electrons. The van der Waals surface area contributed by atoms with E-state index in [4.69, 9.17) is 16.3 Å². The van der Waals surface area contributed by atoms with Crippen molar-refractivity contribution in [2.24, 2.45) is 0 Å². The molecule has 0 bridgehead atoms. The van der Waals surface area contributed by atoms with Gasteiger partial charge in [-0.25, -0.2) is 4.98 Å². The van der Waals surface area contributed by atoms with Crippen LogP contribution in [0.3, 0.4) is 0 Å². The van der Waals surface area contributed by atoms with E-state index < -0.39 is 0 Å². The van der Waals surface area contributed by atoms with Crippen molar-refractivity contribution in [2.75, 3.05) is 13.7 Å². The maximum atomic E-state index is 9.22. The number of benzene rings is 1. The van der Waals surface area contributed by atoms with Crippen LogP contribution >= 0.6 is 11.6 Å². The van der Waals surface area contributed by atoms with Gasteiger partial charge in [0.25, 0.3) is 0 Å². The van der Waals surface area contributed by atoms with Gasteiger partial charge in [0.05, 0.1) is 28.6 Å². The standard InChI is InChI=1S/C15H18ClN3O/c1-10(16)14-18-13-11(8-17)6-5-7-12(13)19(14)15(2,3)9-20-4/h5-7,10H,9H2,1-4H3. The largest absolute Gasteiger partial charge is 0.382 e. The molecule has 0 aliphatic carbocycles. The van der Waals surface area contributed by atoms with E-state index in [1.807, 2.05) is 19.1 Å². The minimum absolute atomic E-state index is 0.245. The van der Waals surface area contributed by atoms with Gasteiger partial charge in [-0.05, 0) is 32.9 Å². The molecule has 0 aliphatic heterocycles. The van der Waals surface area contributed by atoms with Gasteiger partial charge >= 0.3 is 0 Å². The Morgan fingerprint density at radius 1 is 1.50 bits per heavy atom. The van der Waals surface area contributed by atoms with E-state index in [1.165, 1.54) is 0 Å². The monoisotopic (exact) mass is 291 g/mol. The highest BCUT2D eigenvalue weighted by Gasteiger charge is 2.28. The third kappa shape index (κ3) is 2.39. The Hall–Kier alpha value is -1.57. The normalized spacial score (nSPS) is 13.4. The molecule has 4 nitrogen and oxygen atoms in total. The zero-order valence-corrected chi connectivity index (χ0v) is 12.9. The van der Waals surface area contributed by atoms with Gasteiger partial charge in [0.2, 0.25) is 0 Å². The third-order valence-corrected chi connectivity index (χ3v) is 3.49. The number of methoxy groups -OCH3 is 1. The van der Waals surface area contributed by atoms with Crippen LogP contribution in [0.1, 0.15) is 37.5 Å². The molecule has 1 atom stereocenters. The summed E-state index contributed by atoms with van der Waals surface area (Å²) in [6.45, 7) is 6.55. The summed E-state index contributed by atoms with van der Waals surface area (Å²) in [6.07, 6.45) is 0. The number of hydrogen-bond acceptors (Lipinski definition) is 3. The summed E-state index contributed by atoms with van der Waals surface area (Å²) in [7, 11) is 1.67. The number of nitriles is 1. The Labute approximate surface area is 123 Å². The predicted octanol–water partition coefficient (Wildman–Crippen LogP) is 3.59. The van der Waals surface area contributed by atoms with Crippen LogP contribution < -0.4 is 0 Å². The number of para-hydroxylation sites is 1. The Morgan fingerprint density at radius 2 is 2.20 bits per heavy atom. The second-order valence-electron chi connectivity index (χ2n) is 5.45. The minimum atomic E-state index is -0.296. The number of alkyl halides is 1. The van der Waals surface area contributed by atoms with Gasteiger partial charge in [-0.2, -0.15) is 5.26 Å². The lowest BCUT2D eigenvalue weighted by Gasteiger charge is -2.29. The molecule has 106 valence electrons. The highest BCUT2D eigenvalue weighted by atomic mass is 35.5. The van der Waals surface area contributed by atoms with Crippen LogP contribution in [-0.4, -0.2) is 23.3 Å². The highest BCUT2D eigenvalue weighted by Crippen LogP contribution is 2.32. The zero-order chi connectivity index (χ0) is 14.9. The van der Waals surface area contributed by atoms with Gasteiger partial charge in [0, 0.05) is 7.11 Å². The van der Waals surface area contributed by atoms with Crippen LogP contribution in [0.25, 0.3) is 11.0 Å². The first-order chi connectivity index (χ1) is 9.42. The lowest BCUT2D eigenvalue weighted by Crippen LogP contribution is -2.33. The second-order valence-corrected chi connectivity index (χ2v) is 6.11. The van der Waals surface area contributed by atoms with Crippen LogP contribution in [0.2, 0.25) is 0 Å². The first-order valence-corrected chi connectivity index (χ1v) is 6.91. The van der Waals surface area contributed by atoms with E-state index >= 15 is 0 Å². The van der Waals surface area contributed by atoms with Crippen molar-refractivity contribution >= 4 is 22.6 Å². The number of imidazole rings is 1. The lowest BCUT2D eigenvalue weighted by atomic mass is 10.1. The summed E-state index contributed by atoms with van der Waals surface area (Å²) in [5, 5.41) is 8.98. The second kappa shape index (κ2) is 5.43. The summed E-state index contributed by atoms with van der Waals surface area (Å²) in [6, 6.07) is 7.78. The Kier molecular flexibility index (Phi) is 4.03. The molecule has 1 aromatic carbocycles. The highest BCUT2D eigenvalue weighted by molar-refractivity contribution is 6.20. The number of nitrogens with zero attached hydrogens (tertiary/aromatic N) is 3. The van der Waals surface area contributed by atoms with E-state index in [0.29, 0.717) is 17.7 Å². The molecule has 1 heterocycles. The summed E-state index contributed by atoms with van der Waals surface area (Å²) in [5.74, 6) is 0.756. The fourth-order valence-electron chi connectivity index (χ4n) is 2.53. The SMILES string of the molecule is COCC(C)(C)n1c(C(C)Cl)nc2c(C#N)cccc21. The molecule has 1 unspecified atom stereocenters. The van der Waals surface area contributed by atoms with E-state index in [1.54, 1.807) is 13.2 Å². The van der Waals surface area contributed by atoms with Crippen LogP contribution in [0.5, 0.6) is 0 Å². The van der Waals surface area contributed by atoms with Crippen LogP contribution in [0.4, 0.5) is 0 Å². The molecule has 2 aromatic rings. The molecule has 0 N–H and O–H groups in total. The molecule has 0 amide bonds. The molecule has 0 aliphatic rings. The molecular formula is C15H18ClN3O. The smallest absolute Gasteiger partial charge is 0.128 e. The molecule has 0 spiro atoms. The average Bonchev–Trinajstić information content (AvgIpc) is 2.78. The van der Waals surface area contributed by atoms with Gasteiger partial charge in [-0.1, -0.05) is 6.07 Å². The Morgan fingerprint density at radius 3 is 2.75 bits per heavy atom. The molecule has 5 heteroatoms. The minimum Gasteiger partial charge on any atom is -0.382 e. The molecule has 0 saturated carbocycles. The fraction of sp³-hybridized carbons (Fsp3) is 0.467. The third-order valence-electron chi connectivity index (χ3n) is 3.29. The van der Waals surface area contributed by atoms with Gasteiger partial charge in [0.15, 0.2) is 0 Å². The van der Waals surface area contributed by atoms with Gasteiger partial charge in [0.1, 0.15) is 17.4 Å². The quantitative estimate of drug-likeness (QED) is 0.809. The van der Waals surface area contributed by atoms with Crippen LogP contribution in [-0.2, 0) is 10.3 Å². The number of aromatic nitrogens is 2. The van der Waals surface area contributed by atoms with Crippen molar-refractivity contribution < 1.29 is 4.74 Å². The fourth-order valence-corrected chi connectivity index (χ4v) is 2.67. The average molecular weight is 292 g/mol. The number of fused-ring (bicyclic) bond motifs is 1. The van der Waals surface area contributed by atoms with Crippen molar-refractivity contribution in [1.82, 2.24) is 9.55 Å². The number of rotatable bonds is 4. The van der Waals surface area contributed by atoms with E-state index in [0.717, 1.165) is 11.3 Å². The van der Waals surface area contributed by atoms with Crippen LogP contribution in [0, 0.1) is 11.3 Å². The Bertz CT molecular complexity index is 668. The summed E-state index contributed by atoms with van der Waals surface area (Å²) >= 11 is 6.27. The maximum Gasteiger partial charge on any atom is 0.128 e. The molecule has 2 rings (SSSR count). The lowest BCUT2D eigenvalue weighted by molar-refractivity contribution is 0.110. The van der Waals surface area contributed by atoms with Crippen molar-refractivity contribution in [1.29, 1.82) is 5.26 Å². The summed E-state index contributed by atoms with van der Waals surface area (Å²) in [5.41, 5.74) is 1.87. The van der Waals surface area contributed by atoms with Gasteiger partial charge < -0.3 is 9.30 Å². The van der Waals surface area contributed by atoms with Crippen molar-refractivity contribution in [3.05, 3.63) is 29.6 Å². The number of ether oxygens (including phenoxy) is 1. The van der Waals surface area contributed by atoms with Gasteiger partial charge in [-0.15, -0.1) is 11.6 Å². The Balaban J connectivity index is 2.81. The molecule has 1 aromatic heterocycles. The van der Waals surface area contributed by atoms with Crippen LogP contribution in [0.15, 0.2) is 18.2 Å². The van der Waals surface area contributed by atoms with E-state index in [2.05, 4.69) is 29.5 Å².